The molecule has 0 radical (unpaired) electrons. The Bertz CT molecular complexity index is 473. The molecule has 2 unspecified atom stereocenters. The van der Waals surface area contributed by atoms with Gasteiger partial charge in [0.25, 0.3) is 0 Å². The zero-order chi connectivity index (χ0) is 15.2. The second-order valence-corrected chi connectivity index (χ2v) is 6.29. The second kappa shape index (κ2) is 7.43. The van der Waals surface area contributed by atoms with Crippen LogP contribution in [-0.4, -0.2) is 35.5 Å². The minimum atomic E-state index is 0.642. The number of aromatic nitrogens is 1. The maximum Gasteiger partial charge on any atom is 0.194 e. The van der Waals surface area contributed by atoms with Crippen LogP contribution >= 0.6 is 0 Å². The number of rotatable bonds is 3. The molecule has 0 spiro atoms. The van der Waals surface area contributed by atoms with Crippen molar-refractivity contribution in [3.05, 3.63) is 29.6 Å². The largest absolute Gasteiger partial charge is 0.357 e. The number of guanidine groups is 1. The summed E-state index contributed by atoms with van der Waals surface area (Å²) < 4.78 is 0. The Hall–Kier alpha value is -1.58. The van der Waals surface area contributed by atoms with E-state index in [1.807, 2.05) is 25.1 Å². The van der Waals surface area contributed by atoms with Crippen LogP contribution in [-0.2, 0) is 6.54 Å². The van der Waals surface area contributed by atoms with Gasteiger partial charge in [0.1, 0.15) is 0 Å². The molecule has 0 aliphatic carbocycles. The number of aryl methyl sites for hydroxylation is 1. The number of piperidine rings is 1. The molecule has 2 rings (SSSR count). The fourth-order valence-electron chi connectivity index (χ4n) is 3.11. The Morgan fingerprint density at radius 2 is 2.05 bits per heavy atom. The number of likely N-dealkylation sites (tertiary alicyclic amines) is 1. The van der Waals surface area contributed by atoms with E-state index >= 15 is 0 Å². The third-order valence-corrected chi connectivity index (χ3v) is 3.84. The highest BCUT2D eigenvalue weighted by molar-refractivity contribution is 5.80. The first-order valence-electron chi connectivity index (χ1n) is 8.04. The summed E-state index contributed by atoms with van der Waals surface area (Å²) in [5.41, 5.74) is 2.08. The molecule has 1 saturated heterocycles. The van der Waals surface area contributed by atoms with Crippen LogP contribution < -0.4 is 5.32 Å². The van der Waals surface area contributed by atoms with Gasteiger partial charge in [-0.2, -0.15) is 0 Å². The normalized spacial score (nSPS) is 23.2. The van der Waals surface area contributed by atoms with E-state index in [1.54, 1.807) is 0 Å². The molecule has 1 N–H and O–H groups in total. The predicted molar refractivity (Wildman–Crippen MR) is 88.3 cm³/mol. The van der Waals surface area contributed by atoms with Crippen LogP contribution in [0.15, 0.2) is 23.2 Å². The van der Waals surface area contributed by atoms with E-state index in [0.29, 0.717) is 6.54 Å². The number of hydrogen-bond acceptors (Lipinski definition) is 2. The van der Waals surface area contributed by atoms with E-state index in [4.69, 9.17) is 4.99 Å². The first-order chi connectivity index (χ1) is 10.1. The third-order valence-electron chi connectivity index (χ3n) is 3.84. The summed E-state index contributed by atoms with van der Waals surface area (Å²) in [6.07, 6.45) is 1.31. The van der Waals surface area contributed by atoms with Crippen molar-refractivity contribution in [1.29, 1.82) is 0 Å². The molecule has 1 fully saturated rings. The number of nitrogens with one attached hydrogen (secondary N) is 1. The second-order valence-electron chi connectivity index (χ2n) is 6.29. The molecule has 0 amide bonds. The van der Waals surface area contributed by atoms with Crippen LogP contribution in [0.2, 0.25) is 0 Å². The Morgan fingerprint density at radius 1 is 1.33 bits per heavy atom. The van der Waals surface area contributed by atoms with Gasteiger partial charge < -0.3 is 10.2 Å². The van der Waals surface area contributed by atoms with Crippen LogP contribution in [0.1, 0.15) is 38.6 Å². The zero-order valence-electron chi connectivity index (χ0n) is 13.8. The van der Waals surface area contributed by atoms with Gasteiger partial charge in [0.05, 0.1) is 12.2 Å². The highest BCUT2D eigenvalue weighted by Gasteiger charge is 2.23. The molecule has 2 heterocycles. The van der Waals surface area contributed by atoms with E-state index in [2.05, 4.69) is 36.0 Å². The quantitative estimate of drug-likeness (QED) is 0.687. The predicted octanol–water partition coefficient (Wildman–Crippen LogP) is 2.83. The lowest BCUT2D eigenvalue weighted by molar-refractivity contribution is 0.208. The molecule has 4 heteroatoms. The number of pyridine rings is 1. The van der Waals surface area contributed by atoms with Crippen LogP contribution in [0.3, 0.4) is 0 Å². The van der Waals surface area contributed by atoms with E-state index in [9.17, 15) is 0 Å². The van der Waals surface area contributed by atoms with Crippen LogP contribution in [0.4, 0.5) is 0 Å². The topological polar surface area (TPSA) is 40.5 Å². The molecule has 21 heavy (non-hydrogen) atoms. The van der Waals surface area contributed by atoms with Crippen molar-refractivity contribution in [2.45, 2.75) is 40.7 Å². The van der Waals surface area contributed by atoms with Crippen molar-refractivity contribution in [2.24, 2.45) is 16.8 Å². The van der Waals surface area contributed by atoms with Crippen LogP contribution in [0.5, 0.6) is 0 Å². The smallest absolute Gasteiger partial charge is 0.194 e. The van der Waals surface area contributed by atoms with Crippen molar-refractivity contribution < 1.29 is 0 Å². The summed E-state index contributed by atoms with van der Waals surface area (Å²) >= 11 is 0. The van der Waals surface area contributed by atoms with Crippen molar-refractivity contribution in [3.63, 3.8) is 0 Å². The van der Waals surface area contributed by atoms with Gasteiger partial charge in [-0.15, -0.1) is 0 Å². The highest BCUT2D eigenvalue weighted by Crippen LogP contribution is 2.21. The lowest BCUT2D eigenvalue weighted by Crippen LogP contribution is -2.48. The average Bonchev–Trinajstić information content (AvgIpc) is 2.42. The SMILES string of the molecule is CCNC(=NCc1cccc(C)n1)N1CC(C)CC(C)C1. The van der Waals surface area contributed by atoms with Crippen molar-refractivity contribution in [1.82, 2.24) is 15.2 Å². The van der Waals surface area contributed by atoms with Crippen LogP contribution in [0, 0.1) is 18.8 Å². The zero-order valence-corrected chi connectivity index (χ0v) is 13.8. The molecule has 1 aromatic rings. The summed E-state index contributed by atoms with van der Waals surface area (Å²) in [7, 11) is 0. The van der Waals surface area contributed by atoms with Crippen molar-refractivity contribution in [3.8, 4) is 0 Å². The van der Waals surface area contributed by atoms with Gasteiger partial charge in [-0.05, 0) is 44.2 Å². The Kier molecular flexibility index (Phi) is 5.59. The number of hydrogen-bond donors (Lipinski definition) is 1. The monoisotopic (exact) mass is 288 g/mol. The van der Waals surface area contributed by atoms with Gasteiger partial charge in [0.15, 0.2) is 5.96 Å². The van der Waals surface area contributed by atoms with E-state index in [0.717, 1.165) is 48.8 Å². The van der Waals surface area contributed by atoms with E-state index < -0.39 is 0 Å². The standard InChI is InChI=1S/C17H28N4/c1-5-18-17(21-11-13(2)9-14(3)12-21)19-10-16-8-6-7-15(4)20-16/h6-8,13-14H,5,9-12H2,1-4H3,(H,18,19). The fraction of sp³-hybridized carbons (Fsp3) is 0.647. The molecule has 2 atom stereocenters. The first-order valence-corrected chi connectivity index (χ1v) is 8.04. The maximum atomic E-state index is 4.79. The molecule has 1 aliphatic rings. The average molecular weight is 288 g/mol. The molecule has 1 aliphatic heterocycles. The van der Waals surface area contributed by atoms with Crippen molar-refractivity contribution in [2.75, 3.05) is 19.6 Å². The molecule has 0 aromatic carbocycles. The Balaban J connectivity index is 2.08. The summed E-state index contributed by atoms with van der Waals surface area (Å²) in [5.74, 6) is 2.49. The Labute approximate surface area is 128 Å². The third kappa shape index (κ3) is 4.73. The van der Waals surface area contributed by atoms with Gasteiger partial charge in [-0.1, -0.05) is 19.9 Å². The highest BCUT2D eigenvalue weighted by atomic mass is 15.3. The minimum absolute atomic E-state index is 0.642. The van der Waals surface area contributed by atoms with E-state index in [1.165, 1.54) is 6.42 Å². The van der Waals surface area contributed by atoms with Gasteiger partial charge in [-0.3, -0.25) is 4.98 Å². The summed E-state index contributed by atoms with van der Waals surface area (Å²) in [5, 5.41) is 3.43. The molecule has 4 nitrogen and oxygen atoms in total. The molecule has 0 saturated carbocycles. The maximum absolute atomic E-state index is 4.79. The first kappa shape index (κ1) is 15.8. The van der Waals surface area contributed by atoms with Gasteiger partial charge in [0, 0.05) is 25.3 Å². The van der Waals surface area contributed by atoms with Gasteiger partial charge in [-0.25, -0.2) is 4.99 Å². The lowest BCUT2D eigenvalue weighted by atomic mass is 9.92. The van der Waals surface area contributed by atoms with Crippen molar-refractivity contribution >= 4 is 5.96 Å². The van der Waals surface area contributed by atoms with Gasteiger partial charge in [0.2, 0.25) is 0 Å². The molecule has 0 bridgehead atoms. The summed E-state index contributed by atoms with van der Waals surface area (Å²) in [4.78, 5) is 11.7. The number of aliphatic imine (C=N–C) groups is 1. The van der Waals surface area contributed by atoms with Gasteiger partial charge >= 0.3 is 0 Å². The molecule has 116 valence electrons. The summed E-state index contributed by atoms with van der Waals surface area (Å²) in [6.45, 7) is 12.5. The molecule has 1 aromatic heterocycles. The fourth-order valence-corrected chi connectivity index (χ4v) is 3.11. The van der Waals surface area contributed by atoms with E-state index in [-0.39, 0.29) is 0 Å². The minimum Gasteiger partial charge on any atom is -0.357 e. The number of nitrogens with zero attached hydrogens (tertiary/aromatic N) is 3. The molecular formula is C17H28N4. The molecular weight excluding hydrogens is 260 g/mol. The van der Waals surface area contributed by atoms with Crippen LogP contribution in [0.25, 0.3) is 0 Å². The summed E-state index contributed by atoms with van der Waals surface area (Å²) in [6, 6.07) is 6.11. The lowest BCUT2D eigenvalue weighted by Gasteiger charge is -2.37. The Morgan fingerprint density at radius 3 is 2.67 bits per heavy atom.